The number of amides is 3. The quantitative estimate of drug-likeness (QED) is 0.529. The summed E-state index contributed by atoms with van der Waals surface area (Å²) in [4.78, 5) is 35.6. The van der Waals surface area contributed by atoms with Crippen molar-refractivity contribution in [2.75, 3.05) is 32.0 Å². The van der Waals surface area contributed by atoms with E-state index in [2.05, 4.69) is 21.3 Å². The summed E-state index contributed by atoms with van der Waals surface area (Å²) in [6, 6.07) is 16.7. The van der Waals surface area contributed by atoms with Gasteiger partial charge in [-0.3, -0.25) is 19.7 Å². The zero-order chi connectivity index (χ0) is 19.5. The smallest absolute Gasteiger partial charge is 0.253 e. The van der Waals surface area contributed by atoms with Crippen LogP contribution in [0.1, 0.15) is 15.9 Å². The first-order valence-corrected chi connectivity index (χ1v) is 8.72. The molecule has 3 amide bonds. The molecule has 0 spiro atoms. The molecule has 2 aromatic rings. The monoisotopic (exact) mass is 368 g/mol. The van der Waals surface area contributed by atoms with E-state index in [1.165, 1.54) is 7.05 Å². The molecule has 0 fully saturated rings. The Kier molecular flexibility index (Phi) is 7.99. The Labute approximate surface area is 158 Å². The van der Waals surface area contributed by atoms with E-state index in [1.54, 1.807) is 24.3 Å². The Balaban J connectivity index is 1.87. The molecule has 0 aliphatic heterocycles. The SMILES string of the molecule is CNC(=O)CNCC(=O)Nc1ccccc1C(=O)NCCc1ccccc1. The summed E-state index contributed by atoms with van der Waals surface area (Å²) in [6.07, 6.45) is 0.727. The Morgan fingerprint density at radius 2 is 1.52 bits per heavy atom. The number of rotatable bonds is 9. The van der Waals surface area contributed by atoms with Gasteiger partial charge in [-0.25, -0.2) is 0 Å². The molecule has 0 saturated carbocycles. The topological polar surface area (TPSA) is 99.3 Å². The first-order chi connectivity index (χ1) is 13.1. The van der Waals surface area contributed by atoms with Crippen LogP contribution in [0.25, 0.3) is 0 Å². The third-order valence-electron chi connectivity index (χ3n) is 3.84. The van der Waals surface area contributed by atoms with Crippen LogP contribution in [0.15, 0.2) is 54.6 Å². The van der Waals surface area contributed by atoms with E-state index >= 15 is 0 Å². The van der Waals surface area contributed by atoms with Gasteiger partial charge in [0.1, 0.15) is 0 Å². The number of carbonyl (C=O) groups excluding carboxylic acids is 3. The molecule has 4 N–H and O–H groups in total. The first kappa shape index (κ1) is 20.1. The lowest BCUT2D eigenvalue weighted by Crippen LogP contribution is -2.36. The first-order valence-electron chi connectivity index (χ1n) is 8.72. The van der Waals surface area contributed by atoms with Crippen molar-refractivity contribution in [3.63, 3.8) is 0 Å². The number of likely N-dealkylation sites (N-methyl/N-ethyl adjacent to an activating group) is 1. The highest BCUT2D eigenvalue weighted by Crippen LogP contribution is 2.14. The molecular formula is C20H24N4O3. The van der Waals surface area contributed by atoms with Crippen LogP contribution < -0.4 is 21.3 Å². The van der Waals surface area contributed by atoms with E-state index in [4.69, 9.17) is 0 Å². The fraction of sp³-hybridized carbons (Fsp3) is 0.250. The molecule has 0 unspecified atom stereocenters. The summed E-state index contributed by atoms with van der Waals surface area (Å²) >= 11 is 0. The van der Waals surface area contributed by atoms with E-state index in [1.807, 2.05) is 30.3 Å². The minimum atomic E-state index is -0.330. The lowest BCUT2D eigenvalue weighted by Gasteiger charge is -2.12. The minimum Gasteiger partial charge on any atom is -0.358 e. The Bertz CT molecular complexity index is 778. The highest BCUT2D eigenvalue weighted by Gasteiger charge is 2.12. The predicted molar refractivity (Wildman–Crippen MR) is 104 cm³/mol. The maximum Gasteiger partial charge on any atom is 0.253 e. The number of hydrogen-bond acceptors (Lipinski definition) is 4. The molecule has 0 bridgehead atoms. The molecule has 7 nitrogen and oxygen atoms in total. The molecule has 2 aromatic carbocycles. The van der Waals surface area contributed by atoms with Gasteiger partial charge < -0.3 is 16.0 Å². The van der Waals surface area contributed by atoms with Gasteiger partial charge >= 0.3 is 0 Å². The zero-order valence-electron chi connectivity index (χ0n) is 15.2. The van der Waals surface area contributed by atoms with Gasteiger partial charge in [-0.1, -0.05) is 42.5 Å². The summed E-state index contributed by atoms with van der Waals surface area (Å²) in [5.41, 5.74) is 1.97. The molecule has 7 heteroatoms. The number of para-hydroxylation sites is 1. The molecule has 2 rings (SSSR count). The predicted octanol–water partition coefficient (Wildman–Crippen LogP) is 0.933. The third-order valence-corrected chi connectivity index (χ3v) is 3.84. The second-order valence-corrected chi connectivity index (χ2v) is 5.86. The summed E-state index contributed by atoms with van der Waals surface area (Å²) < 4.78 is 0. The van der Waals surface area contributed by atoms with Gasteiger partial charge in [0.15, 0.2) is 0 Å². The molecular weight excluding hydrogens is 344 g/mol. The normalized spacial score (nSPS) is 10.1. The highest BCUT2D eigenvalue weighted by atomic mass is 16.2. The Morgan fingerprint density at radius 1 is 0.852 bits per heavy atom. The average Bonchev–Trinajstić information content (AvgIpc) is 2.69. The van der Waals surface area contributed by atoms with Crippen molar-refractivity contribution in [1.29, 1.82) is 0 Å². The number of anilines is 1. The summed E-state index contributed by atoms with van der Waals surface area (Å²) in [6.45, 7) is 0.516. The van der Waals surface area contributed by atoms with Crippen LogP contribution in [0.4, 0.5) is 5.69 Å². The van der Waals surface area contributed by atoms with Crippen molar-refractivity contribution in [2.45, 2.75) is 6.42 Å². The standard InChI is InChI=1S/C20H24N4O3/c1-21-18(25)13-22-14-19(26)24-17-10-6-5-9-16(17)20(27)23-12-11-15-7-3-2-4-8-15/h2-10,22H,11-14H2,1H3,(H,21,25)(H,23,27)(H,24,26). The van der Waals surface area contributed by atoms with Crippen LogP contribution in [-0.4, -0.2) is 44.4 Å². The van der Waals surface area contributed by atoms with Gasteiger partial charge in [0.2, 0.25) is 11.8 Å². The lowest BCUT2D eigenvalue weighted by molar-refractivity contribution is -0.120. The van der Waals surface area contributed by atoms with Crippen molar-refractivity contribution in [1.82, 2.24) is 16.0 Å². The molecule has 142 valence electrons. The van der Waals surface area contributed by atoms with E-state index in [0.717, 1.165) is 12.0 Å². The summed E-state index contributed by atoms with van der Waals surface area (Å²) in [5.74, 6) is -0.787. The Hall–Kier alpha value is -3.19. The van der Waals surface area contributed by atoms with Gasteiger partial charge in [-0.05, 0) is 24.1 Å². The van der Waals surface area contributed by atoms with Crippen molar-refractivity contribution in [3.05, 3.63) is 65.7 Å². The highest BCUT2D eigenvalue weighted by molar-refractivity contribution is 6.04. The van der Waals surface area contributed by atoms with E-state index < -0.39 is 0 Å². The van der Waals surface area contributed by atoms with E-state index in [-0.39, 0.29) is 30.8 Å². The van der Waals surface area contributed by atoms with Crippen LogP contribution in [-0.2, 0) is 16.0 Å². The zero-order valence-corrected chi connectivity index (χ0v) is 15.2. The maximum absolute atomic E-state index is 12.4. The van der Waals surface area contributed by atoms with Crippen LogP contribution in [0, 0.1) is 0 Å². The van der Waals surface area contributed by atoms with Crippen LogP contribution in [0.5, 0.6) is 0 Å². The van der Waals surface area contributed by atoms with Crippen molar-refractivity contribution >= 4 is 23.4 Å². The molecule has 27 heavy (non-hydrogen) atoms. The van der Waals surface area contributed by atoms with Gasteiger partial charge in [0.05, 0.1) is 24.3 Å². The number of nitrogens with one attached hydrogen (secondary N) is 4. The van der Waals surface area contributed by atoms with Crippen molar-refractivity contribution in [2.24, 2.45) is 0 Å². The molecule has 0 aliphatic rings. The second-order valence-electron chi connectivity index (χ2n) is 5.86. The molecule has 0 heterocycles. The van der Waals surface area contributed by atoms with Gasteiger partial charge in [0.25, 0.3) is 5.91 Å². The molecule has 0 radical (unpaired) electrons. The summed E-state index contributed by atoms with van der Waals surface area (Å²) in [5, 5.41) is 10.8. The molecule has 0 aromatic heterocycles. The number of carbonyl (C=O) groups is 3. The molecule has 0 aliphatic carbocycles. The molecule has 0 atom stereocenters. The van der Waals surface area contributed by atoms with E-state index in [9.17, 15) is 14.4 Å². The third kappa shape index (κ3) is 6.91. The van der Waals surface area contributed by atoms with E-state index in [0.29, 0.717) is 17.8 Å². The van der Waals surface area contributed by atoms with Gasteiger partial charge in [0, 0.05) is 13.6 Å². The van der Waals surface area contributed by atoms with Crippen molar-refractivity contribution < 1.29 is 14.4 Å². The van der Waals surface area contributed by atoms with Crippen molar-refractivity contribution in [3.8, 4) is 0 Å². The number of benzene rings is 2. The second kappa shape index (κ2) is 10.7. The molecule has 0 saturated heterocycles. The number of hydrogen-bond donors (Lipinski definition) is 4. The van der Waals surface area contributed by atoms with Crippen LogP contribution in [0.2, 0.25) is 0 Å². The maximum atomic E-state index is 12.4. The average molecular weight is 368 g/mol. The largest absolute Gasteiger partial charge is 0.358 e. The Morgan fingerprint density at radius 3 is 2.26 bits per heavy atom. The van der Waals surface area contributed by atoms with Gasteiger partial charge in [-0.15, -0.1) is 0 Å². The fourth-order valence-electron chi connectivity index (χ4n) is 2.42. The van der Waals surface area contributed by atoms with Gasteiger partial charge in [-0.2, -0.15) is 0 Å². The van der Waals surface area contributed by atoms with Crippen LogP contribution in [0.3, 0.4) is 0 Å². The fourth-order valence-corrected chi connectivity index (χ4v) is 2.42. The lowest BCUT2D eigenvalue weighted by atomic mass is 10.1. The minimum absolute atomic E-state index is 0.0304. The van der Waals surface area contributed by atoms with Crippen LogP contribution >= 0.6 is 0 Å². The summed E-state index contributed by atoms with van der Waals surface area (Å²) in [7, 11) is 1.52.